The van der Waals surface area contributed by atoms with Crippen LogP contribution in [-0.4, -0.2) is 53.7 Å². The van der Waals surface area contributed by atoms with Gasteiger partial charge in [0.15, 0.2) is 0 Å². The van der Waals surface area contributed by atoms with E-state index in [0.717, 1.165) is 41.8 Å². The van der Waals surface area contributed by atoms with Crippen molar-refractivity contribution in [3.05, 3.63) is 71.0 Å². The lowest BCUT2D eigenvalue weighted by atomic mass is 9.95. The van der Waals surface area contributed by atoms with Gasteiger partial charge in [-0.2, -0.15) is 5.10 Å². The minimum absolute atomic E-state index is 0.107. The molecule has 0 radical (unpaired) electrons. The molecule has 2 heterocycles. The number of piperidine rings is 1. The van der Waals surface area contributed by atoms with E-state index in [1.165, 1.54) is 12.1 Å². The number of likely N-dealkylation sites (tertiary alicyclic amines) is 1. The lowest BCUT2D eigenvalue weighted by Gasteiger charge is -2.32. The Hall–Kier alpha value is -3.06. The normalized spacial score (nSPS) is 21.1. The molecule has 2 aliphatic rings. The Bertz CT molecular complexity index is 1040. The van der Waals surface area contributed by atoms with E-state index in [1.807, 2.05) is 36.1 Å². The number of nitrogens with zero attached hydrogens (tertiary/aromatic N) is 3. The van der Waals surface area contributed by atoms with Gasteiger partial charge >= 0.3 is 5.97 Å². The van der Waals surface area contributed by atoms with Crippen molar-refractivity contribution >= 4 is 17.6 Å². The molecule has 2 atom stereocenters. The molecule has 1 amide bonds. The summed E-state index contributed by atoms with van der Waals surface area (Å²) in [6.07, 6.45) is 2.20. The minimum atomic E-state index is -0.304. The topological polar surface area (TPSA) is 62.2 Å². The number of ether oxygens (including phenoxy) is 1. The van der Waals surface area contributed by atoms with Crippen LogP contribution >= 0.6 is 0 Å². The van der Waals surface area contributed by atoms with Crippen molar-refractivity contribution in [2.24, 2.45) is 11.0 Å². The average Bonchev–Trinajstić information content (AvgIpc) is 3.25. The summed E-state index contributed by atoms with van der Waals surface area (Å²) in [7, 11) is 0. The summed E-state index contributed by atoms with van der Waals surface area (Å²) in [5.74, 6) is -0.799. The lowest BCUT2D eigenvalue weighted by Crippen LogP contribution is -2.44. The number of rotatable bonds is 6. The Morgan fingerprint density at radius 1 is 1.15 bits per heavy atom. The number of aryl methyl sites for hydroxylation is 1. The van der Waals surface area contributed by atoms with Crippen molar-refractivity contribution in [2.75, 3.05) is 26.2 Å². The second kappa shape index (κ2) is 10.3. The maximum Gasteiger partial charge on any atom is 0.310 e. The van der Waals surface area contributed by atoms with E-state index in [0.29, 0.717) is 19.6 Å². The quantitative estimate of drug-likeness (QED) is 0.621. The first-order valence-corrected chi connectivity index (χ1v) is 11.6. The number of halogens is 1. The first-order valence-electron chi connectivity index (χ1n) is 11.6. The van der Waals surface area contributed by atoms with Crippen molar-refractivity contribution in [1.29, 1.82) is 0 Å². The molecular weight excluding hydrogens is 421 g/mol. The van der Waals surface area contributed by atoms with Gasteiger partial charge in [0.25, 0.3) is 5.91 Å². The van der Waals surface area contributed by atoms with Crippen molar-refractivity contribution in [1.82, 2.24) is 9.91 Å². The Labute approximate surface area is 194 Å². The van der Waals surface area contributed by atoms with Crippen LogP contribution in [0.25, 0.3) is 0 Å². The predicted octanol–water partition coefficient (Wildman–Crippen LogP) is 4.09. The number of hydrazone groups is 1. The van der Waals surface area contributed by atoms with Crippen LogP contribution in [0.5, 0.6) is 0 Å². The van der Waals surface area contributed by atoms with Gasteiger partial charge in [-0.1, -0.05) is 36.4 Å². The first-order chi connectivity index (χ1) is 16.0. The zero-order valence-electron chi connectivity index (χ0n) is 19.2. The highest BCUT2D eigenvalue weighted by Crippen LogP contribution is 2.34. The fourth-order valence-corrected chi connectivity index (χ4v) is 4.68. The standard InChI is InChI=1S/C26H30FN3O3/c1-3-33-26(32)20-8-6-14-29(16-20)17-25(31)30-24(22-9-5-4-7-18(22)2)15-23(28-30)19-10-12-21(27)13-11-19/h4-5,7,9-13,20,24H,3,6,8,14-17H2,1-2H3. The number of carbonyl (C=O) groups excluding carboxylic acids is 2. The minimum Gasteiger partial charge on any atom is -0.466 e. The van der Waals surface area contributed by atoms with Gasteiger partial charge in [-0.25, -0.2) is 9.40 Å². The monoisotopic (exact) mass is 451 g/mol. The molecular formula is C26H30FN3O3. The summed E-state index contributed by atoms with van der Waals surface area (Å²) in [4.78, 5) is 27.7. The third kappa shape index (κ3) is 5.30. The largest absolute Gasteiger partial charge is 0.466 e. The fraction of sp³-hybridized carbons (Fsp3) is 0.423. The van der Waals surface area contributed by atoms with Crippen LogP contribution in [0.1, 0.15) is 48.9 Å². The van der Waals surface area contributed by atoms with E-state index in [2.05, 4.69) is 0 Å². The summed E-state index contributed by atoms with van der Waals surface area (Å²) in [6.45, 7) is 5.67. The van der Waals surface area contributed by atoms with Crippen molar-refractivity contribution in [3.8, 4) is 0 Å². The molecule has 6 nitrogen and oxygen atoms in total. The summed E-state index contributed by atoms with van der Waals surface area (Å²) in [5, 5.41) is 6.27. The Morgan fingerprint density at radius 2 is 1.91 bits per heavy atom. The average molecular weight is 452 g/mol. The van der Waals surface area contributed by atoms with E-state index >= 15 is 0 Å². The number of hydrogen-bond acceptors (Lipinski definition) is 5. The molecule has 7 heteroatoms. The van der Waals surface area contributed by atoms with Gasteiger partial charge in [-0.3, -0.25) is 14.5 Å². The second-order valence-electron chi connectivity index (χ2n) is 8.69. The highest BCUT2D eigenvalue weighted by atomic mass is 19.1. The molecule has 1 fully saturated rings. The summed E-state index contributed by atoms with van der Waals surface area (Å²) < 4.78 is 18.6. The van der Waals surface area contributed by atoms with Crippen LogP contribution in [-0.2, 0) is 14.3 Å². The van der Waals surface area contributed by atoms with Crippen molar-refractivity contribution in [3.63, 3.8) is 0 Å². The molecule has 4 rings (SSSR count). The molecule has 2 aromatic carbocycles. The molecule has 2 aromatic rings. The Kier molecular flexibility index (Phi) is 7.18. The van der Waals surface area contributed by atoms with Gasteiger partial charge in [0.1, 0.15) is 5.82 Å². The molecule has 0 N–H and O–H groups in total. The highest BCUT2D eigenvalue weighted by molar-refractivity contribution is 6.03. The van der Waals surface area contributed by atoms with E-state index in [4.69, 9.17) is 9.84 Å². The predicted molar refractivity (Wildman–Crippen MR) is 124 cm³/mol. The number of carbonyl (C=O) groups is 2. The summed E-state index contributed by atoms with van der Waals surface area (Å²) in [5.41, 5.74) is 3.72. The van der Waals surface area contributed by atoms with Gasteiger partial charge in [-0.15, -0.1) is 0 Å². The Balaban J connectivity index is 1.55. The zero-order chi connectivity index (χ0) is 23.4. The Morgan fingerprint density at radius 3 is 2.64 bits per heavy atom. The van der Waals surface area contributed by atoms with Crippen LogP contribution in [0, 0.1) is 18.7 Å². The van der Waals surface area contributed by atoms with Crippen molar-refractivity contribution < 1.29 is 18.7 Å². The van der Waals surface area contributed by atoms with Crippen LogP contribution in [0.4, 0.5) is 4.39 Å². The van der Waals surface area contributed by atoms with Crippen LogP contribution in [0.15, 0.2) is 53.6 Å². The van der Waals surface area contributed by atoms with Gasteiger partial charge < -0.3 is 4.74 Å². The van der Waals surface area contributed by atoms with Gasteiger partial charge in [0.05, 0.1) is 30.8 Å². The number of benzene rings is 2. The van der Waals surface area contributed by atoms with Gasteiger partial charge in [-0.05, 0) is 62.1 Å². The van der Waals surface area contributed by atoms with E-state index in [-0.39, 0.29) is 36.2 Å². The highest BCUT2D eigenvalue weighted by Gasteiger charge is 2.35. The third-order valence-corrected chi connectivity index (χ3v) is 6.38. The van der Waals surface area contributed by atoms with Crippen LogP contribution < -0.4 is 0 Å². The molecule has 0 aliphatic carbocycles. The number of esters is 1. The summed E-state index contributed by atoms with van der Waals surface area (Å²) in [6, 6.07) is 14.0. The third-order valence-electron chi connectivity index (χ3n) is 6.38. The SMILES string of the molecule is CCOC(=O)C1CCCN(CC(=O)N2N=C(c3ccc(F)cc3)CC2c2ccccc2C)C1. The smallest absolute Gasteiger partial charge is 0.310 e. The van der Waals surface area contributed by atoms with E-state index in [1.54, 1.807) is 24.1 Å². The fourth-order valence-electron chi connectivity index (χ4n) is 4.68. The maximum absolute atomic E-state index is 13.4. The zero-order valence-corrected chi connectivity index (χ0v) is 19.2. The first kappa shape index (κ1) is 23.1. The lowest BCUT2D eigenvalue weighted by molar-refractivity contribution is -0.150. The number of amides is 1. The molecule has 1 saturated heterocycles. The molecule has 2 aliphatic heterocycles. The number of hydrogen-bond donors (Lipinski definition) is 0. The van der Waals surface area contributed by atoms with E-state index < -0.39 is 0 Å². The molecule has 0 aromatic heterocycles. The van der Waals surface area contributed by atoms with Crippen LogP contribution in [0.2, 0.25) is 0 Å². The van der Waals surface area contributed by atoms with Crippen LogP contribution in [0.3, 0.4) is 0 Å². The molecule has 0 bridgehead atoms. The molecule has 2 unspecified atom stereocenters. The summed E-state index contributed by atoms with van der Waals surface area (Å²) >= 11 is 0. The van der Waals surface area contributed by atoms with Gasteiger partial charge in [0, 0.05) is 13.0 Å². The molecule has 0 saturated carbocycles. The molecule has 0 spiro atoms. The van der Waals surface area contributed by atoms with Gasteiger partial charge in [0.2, 0.25) is 0 Å². The molecule has 33 heavy (non-hydrogen) atoms. The second-order valence-corrected chi connectivity index (χ2v) is 8.69. The van der Waals surface area contributed by atoms with Crippen molar-refractivity contribution in [2.45, 2.75) is 39.2 Å². The van der Waals surface area contributed by atoms with E-state index in [9.17, 15) is 14.0 Å². The maximum atomic E-state index is 13.4. The molecule has 174 valence electrons.